The van der Waals surface area contributed by atoms with Crippen molar-refractivity contribution in [1.29, 1.82) is 0 Å². The van der Waals surface area contributed by atoms with Crippen LogP contribution in [0.25, 0.3) is 0 Å². The van der Waals surface area contributed by atoms with Crippen LogP contribution in [0.3, 0.4) is 0 Å². The van der Waals surface area contributed by atoms with Crippen LogP contribution in [0.15, 0.2) is 35.3 Å². The van der Waals surface area contributed by atoms with Gasteiger partial charge in [0.05, 0.1) is 6.54 Å². The minimum absolute atomic E-state index is 0.241. The van der Waals surface area contributed by atoms with E-state index in [4.69, 9.17) is 4.74 Å². The van der Waals surface area contributed by atoms with Gasteiger partial charge in [0.15, 0.2) is 0 Å². The average Bonchev–Trinajstić information content (AvgIpc) is 2.56. The highest BCUT2D eigenvalue weighted by Gasteiger charge is 2.28. The first-order valence-corrected chi connectivity index (χ1v) is 5.18. The summed E-state index contributed by atoms with van der Waals surface area (Å²) >= 11 is 0. The molecule has 0 aromatic carbocycles. The average molecular weight is 221 g/mol. The Morgan fingerprint density at radius 2 is 2.12 bits per heavy atom. The highest BCUT2D eigenvalue weighted by Crippen LogP contribution is 2.29. The van der Waals surface area contributed by atoms with Gasteiger partial charge < -0.3 is 9.84 Å². The fourth-order valence-electron chi connectivity index (χ4n) is 1.65. The van der Waals surface area contributed by atoms with Crippen molar-refractivity contribution in [2.75, 3.05) is 6.54 Å². The Morgan fingerprint density at radius 3 is 2.69 bits per heavy atom. The molecule has 86 valence electrons. The molecule has 1 N–H and O–H groups in total. The van der Waals surface area contributed by atoms with E-state index < -0.39 is 5.60 Å². The Labute approximate surface area is 94.5 Å². The monoisotopic (exact) mass is 221 g/mol. The molecule has 16 heavy (non-hydrogen) atoms. The third kappa shape index (κ3) is 2.10. The van der Waals surface area contributed by atoms with Crippen LogP contribution in [0.2, 0.25) is 0 Å². The van der Waals surface area contributed by atoms with Gasteiger partial charge >= 0.3 is 6.09 Å². The number of hydrogen-bond donors (Lipinski definition) is 1. The molecular weight excluding hydrogens is 206 g/mol. The Kier molecular flexibility index (Phi) is 2.30. The Morgan fingerprint density at radius 1 is 1.44 bits per heavy atom. The summed E-state index contributed by atoms with van der Waals surface area (Å²) in [6.45, 7) is 5.96. The van der Waals surface area contributed by atoms with Crippen LogP contribution in [0.1, 0.15) is 20.8 Å². The quantitative estimate of drug-likeness (QED) is 0.683. The van der Waals surface area contributed by atoms with Crippen LogP contribution in [0.4, 0.5) is 4.79 Å². The van der Waals surface area contributed by atoms with Crippen LogP contribution in [0, 0.1) is 0 Å². The van der Waals surface area contributed by atoms with Crippen LogP contribution in [-0.4, -0.2) is 28.2 Å². The number of amides is 1. The van der Waals surface area contributed by atoms with Gasteiger partial charge in [-0.2, -0.15) is 0 Å². The lowest BCUT2D eigenvalue weighted by molar-refractivity contribution is 0.0357. The number of ether oxygens (including phenoxy) is 1. The van der Waals surface area contributed by atoms with Crippen molar-refractivity contribution in [3.63, 3.8) is 0 Å². The minimum atomic E-state index is -0.486. The second kappa shape index (κ2) is 3.40. The summed E-state index contributed by atoms with van der Waals surface area (Å²) in [5, 5.41) is 9.26. The summed E-state index contributed by atoms with van der Waals surface area (Å²) in [5.41, 5.74) is 1.34. The lowest BCUT2D eigenvalue weighted by Gasteiger charge is -2.23. The molecule has 0 unspecified atom stereocenters. The molecule has 0 radical (unpaired) electrons. The van der Waals surface area contributed by atoms with Crippen LogP contribution >= 0.6 is 0 Å². The summed E-state index contributed by atoms with van der Waals surface area (Å²) in [7, 11) is 0. The zero-order chi connectivity index (χ0) is 11.9. The first kappa shape index (κ1) is 10.8. The fourth-order valence-corrected chi connectivity index (χ4v) is 1.65. The molecule has 1 heterocycles. The van der Waals surface area contributed by atoms with Gasteiger partial charge in [0.2, 0.25) is 0 Å². The van der Waals surface area contributed by atoms with Crippen molar-refractivity contribution in [2.45, 2.75) is 26.4 Å². The summed E-state index contributed by atoms with van der Waals surface area (Å²) in [4.78, 5) is 13.2. The molecule has 1 aliphatic carbocycles. The topological polar surface area (TPSA) is 49.8 Å². The molecule has 0 aromatic heterocycles. The zero-order valence-corrected chi connectivity index (χ0v) is 9.65. The molecule has 2 aliphatic rings. The van der Waals surface area contributed by atoms with E-state index in [-0.39, 0.29) is 11.9 Å². The van der Waals surface area contributed by atoms with Crippen molar-refractivity contribution in [3.05, 3.63) is 35.3 Å². The summed E-state index contributed by atoms with van der Waals surface area (Å²) < 4.78 is 5.25. The summed E-state index contributed by atoms with van der Waals surface area (Å²) in [6.07, 6.45) is 4.64. The van der Waals surface area contributed by atoms with E-state index in [2.05, 4.69) is 0 Å². The van der Waals surface area contributed by atoms with E-state index in [9.17, 15) is 9.90 Å². The van der Waals surface area contributed by atoms with Crippen molar-refractivity contribution in [1.82, 2.24) is 4.90 Å². The molecular formula is C12H15NO3. The number of hydrogen-bond acceptors (Lipinski definition) is 3. The van der Waals surface area contributed by atoms with E-state index in [1.165, 1.54) is 4.90 Å². The third-order valence-electron chi connectivity index (χ3n) is 2.26. The second-order valence-corrected chi connectivity index (χ2v) is 4.93. The minimum Gasteiger partial charge on any atom is -0.508 e. The van der Waals surface area contributed by atoms with Gasteiger partial charge in [0.1, 0.15) is 11.4 Å². The number of rotatable bonds is 0. The van der Waals surface area contributed by atoms with Crippen LogP contribution in [0.5, 0.6) is 0 Å². The molecule has 1 aliphatic heterocycles. The summed E-state index contributed by atoms with van der Waals surface area (Å²) in [6, 6.07) is 0. The maximum atomic E-state index is 11.7. The number of aliphatic hydroxyl groups is 1. The van der Waals surface area contributed by atoms with Gasteiger partial charge in [-0.1, -0.05) is 0 Å². The van der Waals surface area contributed by atoms with Gasteiger partial charge in [-0.05, 0) is 44.1 Å². The molecule has 0 saturated carbocycles. The molecule has 0 atom stereocenters. The highest BCUT2D eigenvalue weighted by molar-refractivity contribution is 5.73. The fraction of sp³-hybridized carbons (Fsp3) is 0.417. The predicted molar refractivity (Wildman–Crippen MR) is 59.8 cm³/mol. The molecule has 1 amide bonds. The highest BCUT2D eigenvalue weighted by atomic mass is 16.6. The van der Waals surface area contributed by atoms with E-state index >= 15 is 0 Å². The molecule has 4 nitrogen and oxygen atoms in total. The van der Waals surface area contributed by atoms with Crippen molar-refractivity contribution < 1.29 is 14.6 Å². The van der Waals surface area contributed by atoms with E-state index in [0.717, 1.165) is 11.1 Å². The number of allylic oxidation sites excluding steroid dienone is 2. The summed E-state index contributed by atoms with van der Waals surface area (Å²) in [5.74, 6) is 0.241. The number of fused-ring (bicyclic) bond motifs is 1. The third-order valence-corrected chi connectivity index (χ3v) is 2.26. The maximum Gasteiger partial charge on any atom is 0.414 e. The molecule has 0 spiro atoms. The molecule has 4 heteroatoms. The molecule has 0 bridgehead atoms. The van der Waals surface area contributed by atoms with E-state index in [1.807, 2.05) is 20.8 Å². The predicted octanol–water partition coefficient (Wildman–Crippen LogP) is 2.50. The Hall–Kier alpha value is -1.71. The van der Waals surface area contributed by atoms with Gasteiger partial charge in [-0.3, -0.25) is 4.90 Å². The largest absolute Gasteiger partial charge is 0.508 e. The van der Waals surface area contributed by atoms with Crippen LogP contribution < -0.4 is 0 Å². The standard InChI is InChI=1S/C12H15NO3/c1-12(2,3)16-11(15)13-6-8-4-10(14)5-9(8)7-13/h4-6,14H,7H2,1-3H3. The van der Waals surface area contributed by atoms with Crippen LogP contribution in [-0.2, 0) is 4.74 Å². The van der Waals surface area contributed by atoms with Gasteiger partial charge in [0.25, 0.3) is 0 Å². The van der Waals surface area contributed by atoms with Crippen molar-refractivity contribution in [2.24, 2.45) is 0 Å². The molecule has 0 fully saturated rings. The van der Waals surface area contributed by atoms with E-state index in [1.54, 1.807) is 18.4 Å². The molecule has 0 aromatic rings. The first-order chi connectivity index (χ1) is 7.35. The number of carbonyl (C=O) groups excluding carboxylic acids is 1. The molecule has 0 saturated heterocycles. The zero-order valence-electron chi connectivity index (χ0n) is 9.65. The number of carbonyl (C=O) groups is 1. The smallest absolute Gasteiger partial charge is 0.414 e. The van der Waals surface area contributed by atoms with Crippen molar-refractivity contribution in [3.8, 4) is 0 Å². The lowest BCUT2D eigenvalue weighted by Crippen LogP contribution is -2.32. The normalized spacial score (nSPS) is 18.9. The Balaban J connectivity index is 2.06. The van der Waals surface area contributed by atoms with E-state index in [0.29, 0.717) is 6.54 Å². The molecule has 2 rings (SSSR count). The maximum absolute atomic E-state index is 11.7. The lowest BCUT2D eigenvalue weighted by atomic mass is 10.2. The van der Waals surface area contributed by atoms with Gasteiger partial charge in [-0.25, -0.2) is 4.79 Å². The van der Waals surface area contributed by atoms with Crippen molar-refractivity contribution >= 4 is 6.09 Å². The van der Waals surface area contributed by atoms with Gasteiger partial charge in [-0.15, -0.1) is 0 Å². The first-order valence-electron chi connectivity index (χ1n) is 5.18. The SMILES string of the molecule is CC(C)(C)OC(=O)N1C=C2C=C(O)C=C2C1. The second-order valence-electron chi connectivity index (χ2n) is 4.93. The number of nitrogens with zero attached hydrogens (tertiary/aromatic N) is 1. The number of aliphatic hydroxyl groups excluding tert-OH is 1. The van der Waals surface area contributed by atoms with Gasteiger partial charge in [0, 0.05) is 6.20 Å². The Bertz CT molecular complexity index is 424.